The molecule has 0 aliphatic heterocycles. The monoisotopic (exact) mass is 475 g/mol. The summed E-state index contributed by atoms with van der Waals surface area (Å²) in [6.07, 6.45) is -2.37. The summed E-state index contributed by atoms with van der Waals surface area (Å²) in [5, 5.41) is 34.4. The first-order chi connectivity index (χ1) is 15.2. The van der Waals surface area contributed by atoms with Crippen molar-refractivity contribution in [2.75, 3.05) is 0 Å². The maximum absolute atomic E-state index is 12.8. The summed E-state index contributed by atoms with van der Waals surface area (Å²) in [5.41, 5.74) is 10.5. The summed E-state index contributed by atoms with van der Waals surface area (Å²) < 4.78 is 0. The van der Waals surface area contributed by atoms with Gasteiger partial charge in [-0.2, -0.15) is 0 Å². The minimum Gasteiger partial charge on any atom is -0.481 e. The number of carbonyl (C=O) groups is 6. The second-order valence-electron chi connectivity index (χ2n) is 7.70. The summed E-state index contributed by atoms with van der Waals surface area (Å²) >= 11 is 0. The molecule has 0 rings (SSSR count). The average Bonchev–Trinajstić information content (AvgIpc) is 2.71. The van der Waals surface area contributed by atoms with E-state index in [1.807, 2.05) is 0 Å². The zero-order chi connectivity index (χ0) is 25.9. The number of hydrogen-bond acceptors (Lipinski definition) is 8. The third kappa shape index (κ3) is 10.7. The van der Waals surface area contributed by atoms with Crippen LogP contribution in [-0.2, 0) is 28.8 Å². The number of nitrogens with one attached hydrogen (secondary N) is 3. The second kappa shape index (κ2) is 14.0. The van der Waals surface area contributed by atoms with Crippen LogP contribution < -0.4 is 27.4 Å². The van der Waals surface area contributed by atoms with Crippen LogP contribution in [0.2, 0.25) is 0 Å². The van der Waals surface area contributed by atoms with Gasteiger partial charge in [-0.25, -0.2) is 4.79 Å². The van der Waals surface area contributed by atoms with Crippen molar-refractivity contribution in [3.8, 4) is 0 Å². The molecule has 6 atom stereocenters. The number of nitrogens with two attached hydrogens (primary N) is 2. The number of amides is 4. The maximum Gasteiger partial charge on any atom is 0.326 e. The van der Waals surface area contributed by atoms with Crippen LogP contribution in [0.15, 0.2) is 0 Å². The van der Waals surface area contributed by atoms with Gasteiger partial charge in [0.05, 0.1) is 12.5 Å². The normalized spacial score (nSPS) is 16.3. The van der Waals surface area contributed by atoms with Gasteiger partial charge in [-0.1, -0.05) is 20.3 Å². The lowest BCUT2D eigenvalue weighted by Crippen LogP contribution is -2.59. The van der Waals surface area contributed by atoms with Gasteiger partial charge in [0.2, 0.25) is 23.6 Å². The van der Waals surface area contributed by atoms with E-state index in [1.165, 1.54) is 6.92 Å². The van der Waals surface area contributed by atoms with Crippen LogP contribution in [0.3, 0.4) is 0 Å². The van der Waals surface area contributed by atoms with Crippen LogP contribution in [0.5, 0.6) is 0 Å². The summed E-state index contributed by atoms with van der Waals surface area (Å²) in [6, 6.07) is -5.68. The Hall–Kier alpha value is -3.26. The first-order valence-electron chi connectivity index (χ1n) is 10.3. The maximum atomic E-state index is 12.8. The molecule has 0 aromatic rings. The highest BCUT2D eigenvalue weighted by molar-refractivity contribution is 5.95. The Morgan fingerprint density at radius 3 is 1.85 bits per heavy atom. The van der Waals surface area contributed by atoms with Crippen molar-refractivity contribution in [2.45, 2.75) is 76.7 Å². The highest BCUT2D eigenvalue weighted by atomic mass is 16.4. The SMILES string of the molecule is CCC(C)C(NC(=O)C(CCC(=O)O)NC(=O)C(N)C(C)O)C(=O)NC(CC(N)=O)C(=O)O. The van der Waals surface area contributed by atoms with Crippen molar-refractivity contribution in [1.29, 1.82) is 0 Å². The quantitative estimate of drug-likeness (QED) is 0.119. The molecule has 4 amide bonds. The first kappa shape index (κ1) is 29.7. The van der Waals surface area contributed by atoms with Gasteiger partial charge in [-0.3, -0.25) is 24.0 Å². The number of rotatable bonds is 15. The molecule has 0 aromatic heterocycles. The highest BCUT2D eigenvalue weighted by Crippen LogP contribution is 2.10. The van der Waals surface area contributed by atoms with E-state index in [1.54, 1.807) is 13.8 Å². The molecule has 33 heavy (non-hydrogen) atoms. The summed E-state index contributed by atoms with van der Waals surface area (Å²) in [4.78, 5) is 71.0. The Morgan fingerprint density at radius 1 is 0.879 bits per heavy atom. The Labute approximate surface area is 190 Å². The van der Waals surface area contributed by atoms with Crippen molar-refractivity contribution in [3.05, 3.63) is 0 Å². The van der Waals surface area contributed by atoms with Crippen molar-refractivity contribution in [1.82, 2.24) is 16.0 Å². The molecule has 0 aliphatic carbocycles. The van der Waals surface area contributed by atoms with E-state index < -0.39 is 84.6 Å². The molecule has 0 aromatic carbocycles. The molecule has 6 unspecified atom stereocenters. The number of aliphatic carboxylic acids is 2. The topological polar surface area (TPSA) is 251 Å². The molecule has 0 fully saturated rings. The molecule has 0 radical (unpaired) electrons. The minimum atomic E-state index is -1.62. The fraction of sp³-hybridized carbons (Fsp3) is 0.684. The smallest absolute Gasteiger partial charge is 0.326 e. The number of aliphatic hydroxyl groups is 1. The Balaban J connectivity index is 5.65. The number of primary amides is 1. The highest BCUT2D eigenvalue weighted by Gasteiger charge is 2.33. The van der Waals surface area contributed by atoms with Crippen LogP contribution in [0.4, 0.5) is 0 Å². The molecule has 0 saturated heterocycles. The lowest BCUT2D eigenvalue weighted by Gasteiger charge is -2.28. The van der Waals surface area contributed by atoms with Crippen molar-refractivity contribution in [2.24, 2.45) is 17.4 Å². The predicted octanol–water partition coefficient (Wildman–Crippen LogP) is -2.98. The molecule has 10 N–H and O–H groups in total. The van der Waals surface area contributed by atoms with Crippen LogP contribution >= 0.6 is 0 Å². The first-order valence-corrected chi connectivity index (χ1v) is 10.3. The number of carbonyl (C=O) groups excluding carboxylic acids is 4. The van der Waals surface area contributed by atoms with Gasteiger partial charge < -0.3 is 42.7 Å². The lowest BCUT2D eigenvalue weighted by atomic mass is 9.97. The van der Waals surface area contributed by atoms with Gasteiger partial charge in [0.1, 0.15) is 24.2 Å². The Bertz CT molecular complexity index is 743. The van der Waals surface area contributed by atoms with Crippen LogP contribution in [-0.4, -0.2) is 81.2 Å². The molecular formula is C19H33N5O9. The van der Waals surface area contributed by atoms with Gasteiger partial charge in [-0.05, 0) is 19.3 Å². The number of aliphatic hydroxyl groups excluding tert-OH is 1. The van der Waals surface area contributed by atoms with E-state index in [4.69, 9.17) is 16.6 Å². The fourth-order valence-electron chi connectivity index (χ4n) is 2.64. The Morgan fingerprint density at radius 2 is 1.42 bits per heavy atom. The zero-order valence-corrected chi connectivity index (χ0v) is 18.7. The van der Waals surface area contributed by atoms with Crippen LogP contribution in [0.1, 0.15) is 46.5 Å². The van der Waals surface area contributed by atoms with Crippen molar-refractivity contribution < 1.29 is 44.1 Å². The molecule has 0 aliphatic rings. The third-order valence-corrected chi connectivity index (χ3v) is 4.92. The summed E-state index contributed by atoms with van der Waals surface area (Å²) in [7, 11) is 0. The number of carboxylic acid groups (broad SMARTS) is 2. The van der Waals surface area contributed by atoms with E-state index in [9.17, 15) is 39.0 Å². The molecule has 14 nitrogen and oxygen atoms in total. The van der Waals surface area contributed by atoms with E-state index in [0.29, 0.717) is 6.42 Å². The van der Waals surface area contributed by atoms with E-state index in [2.05, 4.69) is 16.0 Å². The Kier molecular flexibility index (Phi) is 12.6. The lowest BCUT2D eigenvalue weighted by molar-refractivity contribution is -0.144. The molecule has 0 saturated carbocycles. The number of hydrogen-bond donors (Lipinski definition) is 8. The molecule has 0 spiro atoms. The number of carboxylic acids is 2. The zero-order valence-electron chi connectivity index (χ0n) is 18.7. The fourth-order valence-corrected chi connectivity index (χ4v) is 2.64. The molecule has 188 valence electrons. The van der Waals surface area contributed by atoms with Gasteiger partial charge in [0.15, 0.2) is 0 Å². The van der Waals surface area contributed by atoms with Crippen LogP contribution in [0.25, 0.3) is 0 Å². The summed E-state index contributed by atoms with van der Waals surface area (Å²) in [5.74, 6) is -6.94. The molecule has 0 bridgehead atoms. The van der Waals surface area contributed by atoms with Gasteiger partial charge in [-0.15, -0.1) is 0 Å². The van der Waals surface area contributed by atoms with Crippen molar-refractivity contribution >= 4 is 35.6 Å². The summed E-state index contributed by atoms with van der Waals surface area (Å²) in [6.45, 7) is 4.56. The predicted molar refractivity (Wildman–Crippen MR) is 113 cm³/mol. The third-order valence-electron chi connectivity index (χ3n) is 4.92. The minimum absolute atomic E-state index is 0.340. The standard InChI is InChI=1S/C19H33N5O9/c1-4-8(2)15(18(31)23-11(19(32)33)7-12(20)26)24-16(29)10(5-6-13(27)28)22-17(30)14(21)9(3)25/h8-11,14-15,25H,4-7,21H2,1-3H3,(H2,20,26)(H,22,30)(H,23,31)(H,24,29)(H,27,28)(H,32,33). The van der Waals surface area contributed by atoms with Crippen LogP contribution in [0, 0.1) is 5.92 Å². The van der Waals surface area contributed by atoms with Crippen molar-refractivity contribution in [3.63, 3.8) is 0 Å². The van der Waals surface area contributed by atoms with Gasteiger partial charge in [0, 0.05) is 6.42 Å². The molecular weight excluding hydrogens is 442 g/mol. The van der Waals surface area contributed by atoms with E-state index in [0.717, 1.165) is 0 Å². The molecule has 14 heteroatoms. The van der Waals surface area contributed by atoms with E-state index in [-0.39, 0.29) is 6.42 Å². The molecule has 0 heterocycles. The van der Waals surface area contributed by atoms with Gasteiger partial charge >= 0.3 is 11.9 Å². The van der Waals surface area contributed by atoms with Gasteiger partial charge in [0.25, 0.3) is 0 Å². The second-order valence-corrected chi connectivity index (χ2v) is 7.70. The average molecular weight is 475 g/mol. The van der Waals surface area contributed by atoms with E-state index >= 15 is 0 Å². The largest absolute Gasteiger partial charge is 0.481 e.